The third-order valence-electron chi connectivity index (χ3n) is 5.33. The lowest BCUT2D eigenvalue weighted by molar-refractivity contribution is -0.120. The van der Waals surface area contributed by atoms with Gasteiger partial charge in [-0.25, -0.2) is 8.42 Å². The zero-order valence-corrected chi connectivity index (χ0v) is 19.2. The number of carbonyl (C=O) groups excluding carboxylic acids is 1. The molecule has 1 atom stereocenters. The Balaban J connectivity index is 1.77. The number of hydrogen-bond acceptors (Lipinski definition) is 3. The fraction of sp³-hybridized carbons (Fsp3) is 0.409. The highest BCUT2D eigenvalue weighted by Gasteiger charge is 2.24. The van der Waals surface area contributed by atoms with Gasteiger partial charge in [-0.15, -0.1) is 0 Å². The van der Waals surface area contributed by atoms with Gasteiger partial charge in [0.25, 0.3) is 0 Å². The Morgan fingerprint density at radius 3 is 2.48 bits per heavy atom. The van der Waals surface area contributed by atoms with Crippen molar-refractivity contribution in [1.82, 2.24) is 5.32 Å². The van der Waals surface area contributed by atoms with Crippen LogP contribution in [-0.4, -0.2) is 27.1 Å². The summed E-state index contributed by atoms with van der Waals surface area (Å²) >= 11 is 3.38. The number of benzene rings is 2. The molecule has 1 aliphatic rings. The molecule has 1 aliphatic carbocycles. The summed E-state index contributed by atoms with van der Waals surface area (Å²) in [7, 11) is -3.61. The summed E-state index contributed by atoms with van der Waals surface area (Å²) in [6.07, 6.45) is 6.48. The normalized spacial score (nSPS) is 14.7. The molecule has 0 radical (unpaired) electrons. The molecular weight excluding hydrogens is 452 g/mol. The van der Waals surface area contributed by atoms with Gasteiger partial charge in [0.15, 0.2) is 0 Å². The number of sulfonamides is 1. The number of nitrogens with one attached hydrogen (secondary N) is 1. The van der Waals surface area contributed by atoms with Crippen LogP contribution in [0.1, 0.15) is 48.9 Å². The van der Waals surface area contributed by atoms with Gasteiger partial charge in [0.2, 0.25) is 15.9 Å². The summed E-state index contributed by atoms with van der Waals surface area (Å²) in [4.78, 5) is 12.8. The average molecular weight is 479 g/mol. The number of hydrogen-bond donors (Lipinski definition) is 1. The van der Waals surface area contributed by atoms with E-state index in [9.17, 15) is 13.2 Å². The van der Waals surface area contributed by atoms with Crippen molar-refractivity contribution in [2.24, 2.45) is 0 Å². The zero-order chi connectivity index (χ0) is 21.0. The lowest BCUT2D eigenvalue weighted by Crippen LogP contribution is -2.41. The second-order valence-electron chi connectivity index (χ2n) is 7.48. The van der Waals surface area contributed by atoms with E-state index in [0.29, 0.717) is 10.2 Å². The van der Waals surface area contributed by atoms with E-state index in [-0.39, 0.29) is 18.5 Å². The lowest BCUT2D eigenvalue weighted by Gasteiger charge is -2.25. The van der Waals surface area contributed by atoms with E-state index in [1.54, 1.807) is 24.3 Å². The fourth-order valence-electron chi connectivity index (χ4n) is 3.80. The van der Waals surface area contributed by atoms with E-state index >= 15 is 0 Å². The van der Waals surface area contributed by atoms with Crippen molar-refractivity contribution in [3.8, 4) is 0 Å². The Morgan fingerprint density at radius 2 is 1.83 bits per heavy atom. The van der Waals surface area contributed by atoms with Crippen LogP contribution in [0, 0.1) is 0 Å². The number of aryl methyl sites for hydroxylation is 2. The number of fused-ring (bicyclic) bond motifs is 1. The fourth-order valence-corrected chi connectivity index (χ4v) is 5.28. The first-order valence-electron chi connectivity index (χ1n) is 9.93. The molecular formula is C22H27BrN2O3S. The zero-order valence-electron chi connectivity index (χ0n) is 16.8. The Labute approximate surface area is 181 Å². The summed E-state index contributed by atoms with van der Waals surface area (Å²) in [6.45, 7) is 1.76. The van der Waals surface area contributed by atoms with Gasteiger partial charge in [0.05, 0.1) is 18.0 Å². The van der Waals surface area contributed by atoms with Crippen molar-refractivity contribution in [3.63, 3.8) is 0 Å². The highest BCUT2D eigenvalue weighted by atomic mass is 79.9. The molecule has 0 heterocycles. The maximum atomic E-state index is 12.8. The maximum absolute atomic E-state index is 12.8. The standard InChI is InChI=1S/C22H27BrN2O3S/c1-3-20(18-13-12-16-8-4-5-9-17(16)14-18)24-22(26)15-25(29(2,27)28)21-11-7-6-10-19(21)23/h6-7,10-14,20H,3-5,8-9,15H2,1-2H3,(H,24,26)/t20-/m0/s1. The van der Waals surface area contributed by atoms with E-state index in [4.69, 9.17) is 0 Å². The SMILES string of the molecule is CC[C@H](NC(=O)CN(c1ccccc1Br)S(C)(=O)=O)c1ccc2c(c1)CCCC2. The van der Waals surface area contributed by atoms with Crippen LogP contribution in [0.2, 0.25) is 0 Å². The van der Waals surface area contributed by atoms with Gasteiger partial charge < -0.3 is 5.32 Å². The molecule has 29 heavy (non-hydrogen) atoms. The number of halogens is 1. The summed E-state index contributed by atoms with van der Waals surface area (Å²) in [5.41, 5.74) is 4.30. The van der Waals surface area contributed by atoms with Gasteiger partial charge >= 0.3 is 0 Å². The highest BCUT2D eigenvalue weighted by molar-refractivity contribution is 9.10. The number of para-hydroxylation sites is 1. The minimum atomic E-state index is -3.61. The molecule has 5 nitrogen and oxygen atoms in total. The summed E-state index contributed by atoms with van der Waals surface area (Å²) in [6, 6.07) is 13.3. The van der Waals surface area contributed by atoms with E-state index in [1.807, 2.05) is 6.92 Å². The summed E-state index contributed by atoms with van der Waals surface area (Å²) in [5, 5.41) is 3.02. The van der Waals surface area contributed by atoms with Crippen molar-refractivity contribution in [1.29, 1.82) is 0 Å². The van der Waals surface area contributed by atoms with Crippen molar-refractivity contribution in [3.05, 3.63) is 63.6 Å². The first-order chi connectivity index (χ1) is 13.8. The Hall–Kier alpha value is -1.86. The quantitative estimate of drug-likeness (QED) is 0.642. The Bertz CT molecular complexity index is 991. The Kier molecular flexibility index (Phi) is 7.01. The number of nitrogens with zero attached hydrogens (tertiary/aromatic N) is 1. The van der Waals surface area contributed by atoms with Crippen LogP contribution >= 0.6 is 15.9 Å². The molecule has 0 saturated carbocycles. The number of amides is 1. The molecule has 0 fully saturated rings. The molecule has 0 spiro atoms. The molecule has 0 aliphatic heterocycles. The van der Waals surface area contributed by atoms with Crippen molar-refractivity contribution in [2.75, 3.05) is 17.1 Å². The third-order valence-corrected chi connectivity index (χ3v) is 7.12. The molecule has 1 amide bonds. The van der Waals surface area contributed by atoms with Crippen LogP contribution in [0.4, 0.5) is 5.69 Å². The van der Waals surface area contributed by atoms with Crippen molar-refractivity contribution in [2.45, 2.75) is 45.1 Å². The minimum absolute atomic E-state index is 0.143. The first-order valence-corrected chi connectivity index (χ1v) is 12.6. The van der Waals surface area contributed by atoms with Crippen LogP contribution < -0.4 is 9.62 Å². The largest absolute Gasteiger partial charge is 0.348 e. The highest BCUT2D eigenvalue weighted by Crippen LogP contribution is 2.28. The second kappa shape index (κ2) is 9.30. The molecule has 0 bridgehead atoms. The topological polar surface area (TPSA) is 66.5 Å². The molecule has 2 aromatic rings. The van der Waals surface area contributed by atoms with E-state index in [2.05, 4.69) is 39.4 Å². The van der Waals surface area contributed by atoms with E-state index in [0.717, 1.165) is 35.4 Å². The average Bonchev–Trinajstić information content (AvgIpc) is 2.70. The maximum Gasteiger partial charge on any atom is 0.241 e. The van der Waals surface area contributed by atoms with Gasteiger partial charge in [0.1, 0.15) is 6.54 Å². The molecule has 1 N–H and O–H groups in total. The van der Waals surface area contributed by atoms with Gasteiger partial charge in [-0.3, -0.25) is 9.10 Å². The smallest absolute Gasteiger partial charge is 0.241 e. The molecule has 156 valence electrons. The van der Waals surface area contributed by atoms with Crippen molar-refractivity contribution < 1.29 is 13.2 Å². The predicted molar refractivity (Wildman–Crippen MR) is 121 cm³/mol. The van der Waals surface area contributed by atoms with Gasteiger partial charge in [-0.2, -0.15) is 0 Å². The third kappa shape index (κ3) is 5.39. The molecule has 0 unspecified atom stereocenters. The lowest BCUT2D eigenvalue weighted by atomic mass is 9.89. The predicted octanol–water partition coefficient (Wildman–Crippen LogP) is 4.36. The van der Waals surface area contributed by atoms with Crippen molar-refractivity contribution >= 4 is 37.5 Å². The number of rotatable bonds is 7. The van der Waals surface area contributed by atoms with Crippen LogP contribution in [0.5, 0.6) is 0 Å². The van der Waals surface area contributed by atoms with Crippen LogP contribution in [0.25, 0.3) is 0 Å². The molecule has 0 saturated heterocycles. The van der Waals surface area contributed by atoms with E-state index < -0.39 is 10.0 Å². The first kappa shape index (κ1) is 21.8. The number of anilines is 1. The van der Waals surface area contributed by atoms with Crippen LogP contribution in [0.3, 0.4) is 0 Å². The van der Waals surface area contributed by atoms with Gasteiger partial charge in [-0.05, 0) is 76.9 Å². The van der Waals surface area contributed by atoms with Gasteiger partial charge in [0, 0.05) is 4.47 Å². The monoisotopic (exact) mass is 478 g/mol. The van der Waals surface area contributed by atoms with Crippen LogP contribution in [-0.2, 0) is 27.7 Å². The van der Waals surface area contributed by atoms with E-state index in [1.165, 1.54) is 24.0 Å². The summed E-state index contributed by atoms with van der Waals surface area (Å²) < 4.78 is 26.4. The molecule has 2 aromatic carbocycles. The molecule has 3 rings (SSSR count). The second-order valence-corrected chi connectivity index (χ2v) is 10.2. The Morgan fingerprint density at radius 1 is 1.14 bits per heavy atom. The minimum Gasteiger partial charge on any atom is -0.348 e. The summed E-state index contributed by atoms with van der Waals surface area (Å²) in [5.74, 6) is -0.323. The van der Waals surface area contributed by atoms with Gasteiger partial charge in [-0.1, -0.05) is 37.3 Å². The molecule has 7 heteroatoms. The van der Waals surface area contributed by atoms with Crippen LogP contribution in [0.15, 0.2) is 46.9 Å². The number of carbonyl (C=O) groups is 1. The molecule has 0 aromatic heterocycles.